The molecule has 2 rings (SSSR count). The van der Waals surface area contributed by atoms with Gasteiger partial charge in [-0.05, 0) is 43.7 Å². The summed E-state index contributed by atoms with van der Waals surface area (Å²) in [6, 6.07) is 8.56. The number of Topliss-reactive ketones (excluding diaryl/α,β-unsaturated/α-hetero) is 1. The smallest absolute Gasteiger partial charge is 0.176 e. The second-order valence-electron chi connectivity index (χ2n) is 5.40. The molecule has 6 heteroatoms. The second-order valence-corrected chi connectivity index (χ2v) is 6.38. The fourth-order valence-corrected chi connectivity index (χ4v) is 3.21. The molecule has 0 radical (unpaired) electrons. The lowest BCUT2D eigenvalue weighted by Crippen LogP contribution is -2.33. The molecule has 0 bridgehead atoms. The molecule has 4 nitrogen and oxygen atoms in total. The zero-order chi connectivity index (χ0) is 16.8. The molecule has 1 atom stereocenters. The minimum atomic E-state index is -0.525. The summed E-state index contributed by atoms with van der Waals surface area (Å²) in [6.07, 6.45) is 0. The largest absolute Gasteiger partial charge is 0.494 e. The molecule has 0 fully saturated rings. The molecular weight excluding hydrogens is 315 g/mol. The lowest BCUT2D eigenvalue weighted by molar-refractivity contribution is 0.0988. The first kappa shape index (κ1) is 17.6. The number of likely N-dealkylation sites (N-methyl/N-ethyl adjacent to an activating group) is 1. The maximum absolute atomic E-state index is 13.6. The quantitative estimate of drug-likeness (QED) is 0.753. The van der Waals surface area contributed by atoms with E-state index < -0.39 is 5.82 Å². The molecule has 0 amide bonds. The van der Waals surface area contributed by atoms with Gasteiger partial charge in [0.2, 0.25) is 0 Å². The summed E-state index contributed by atoms with van der Waals surface area (Å²) < 4.78 is 18.5. The van der Waals surface area contributed by atoms with Crippen LogP contribution in [-0.2, 0) is 0 Å². The van der Waals surface area contributed by atoms with Gasteiger partial charge in [0.1, 0.15) is 0 Å². The van der Waals surface area contributed by atoms with Crippen LogP contribution >= 0.6 is 11.3 Å². The number of ketones is 1. The molecule has 1 aromatic heterocycles. The predicted octanol–water partition coefficient (Wildman–Crippen LogP) is 2.97. The van der Waals surface area contributed by atoms with E-state index >= 15 is 0 Å². The fraction of sp³-hybridized carbons (Fsp3) is 0.353. The summed E-state index contributed by atoms with van der Waals surface area (Å²) in [5.74, 6) is -0.529. The van der Waals surface area contributed by atoms with Crippen molar-refractivity contribution in [2.24, 2.45) is 0 Å². The molecule has 0 aliphatic carbocycles. The maximum atomic E-state index is 13.6. The highest BCUT2D eigenvalue weighted by molar-refractivity contribution is 7.10. The van der Waals surface area contributed by atoms with Gasteiger partial charge >= 0.3 is 0 Å². The van der Waals surface area contributed by atoms with Crippen molar-refractivity contribution in [3.05, 3.63) is 52.0 Å². The Morgan fingerprint density at radius 1 is 1.39 bits per heavy atom. The van der Waals surface area contributed by atoms with Crippen molar-refractivity contribution in [3.63, 3.8) is 0 Å². The van der Waals surface area contributed by atoms with E-state index in [0.29, 0.717) is 12.1 Å². The number of nitrogens with zero attached hydrogens (tertiary/aromatic N) is 1. The zero-order valence-corrected chi connectivity index (χ0v) is 14.3. The van der Waals surface area contributed by atoms with Crippen molar-refractivity contribution in [3.8, 4) is 5.75 Å². The molecular formula is C17H21FN2O2S. The van der Waals surface area contributed by atoms with Crippen LogP contribution in [0.3, 0.4) is 0 Å². The highest BCUT2D eigenvalue weighted by Crippen LogP contribution is 2.22. The van der Waals surface area contributed by atoms with E-state index in [4.69, 9.17) is 4.74 Å². The van der Waals surface area contributed by atoms with Crippen molar-refractivity contribution in [1.82, 2.24) is 10.2 Å². The zero-order valence-electron chi connectivity index (χ0n) is 13.5. The molecule has 0 aliphatic heterocycles. The van der Waals surface area contributed by atoms with E-state index in [-0.39, 0.29) is 24.1 Å². The van der Waals surface area contributed by atoms with Crippen LogP contribution < -0.4 is 10.1 Å². The molecule has 1 unspecified atom stereocenters. The number of carbonyl (C=O) groups excluding carboxylic acids is 1. The van der Waals surface area contributed by atoms with Crippen LogP contribution in [0.15, 0.2) is 35.7 Å². The number of rotatable bonds is 8. The average molecular weight is 336 g/mol. The van der Waals surface area contributed by atoms with Crippen LogP contribution in [-0.4, -0.2) is 45.0 Å². The average Bonchev–Trinajstić information content (AvgIpc) is 3.04. The number of ether oxygens (including phenoxy) is 1. The first-order chi connectivity index (χ1) is 11.0. The standard InChI is InChI=1S/C17H21FN2O2S/c1-20(2)14(17-5-4-8-23-17)10-19-11-15(21)12-6-7-16(22-3)13(18)9-12/h4-9,14,19H,10-11H2,1-3H3. The number of halogens is 1. The Bertz CT molecular complexity index is 644. The molecule has 1 heterocycles. The van der Waals surface area contributed by atoms with E-state index in [0.717, 1.165) is 0 Å². The number of thiophene rings is 1. The Hall–Kier alpha value is -1.76. The van der Waals surface area contributed by atoms with Gasteiger partial charge in [-0.15, -0.1) is 11.3 Å². The van der Waals surface area contributed by atoms with Crippen LogP contribution in [0.4, 0.5) is 4.39 Å². The SMILES string of the molecule is COc1ccc(C(=O)CNCC(c2cccs2)N(C)C)cc1F. The van der Waals surface area contributed by atoms with Crippen molar-refractivity contribution in [1.29, 1.82) is 0 Å². The van der Waals surface area contributed by atoms with Gasteiger partial charge in [0.25, 0.3) is 0 Å². The van der Waals surface area contributed by atoms with E-state index in [9.17, 15) is 9.18 Å². The van der Waals surface area contributed by atoms with Gasteiger partial charge in [-0.2, -0.15) is 0 Å². The van der Waals surface area contributed by atoms with Gasteiger partial charge in [-0.1, -0.05) is 6.07 Å². The number of carbonyl (C=O) groups is 1. The van der Waals surface area contributed by atoms with Crippen LogP contribution in [0.1, 0.15) is 21.3 Å². The molecule has 0 spiro atoms. The number of methoxy groups -OCH3 is 1. The molecule has 124 valence electrons. The minimum absolute atomic E-state index is 0.139. The monoisotopic (exact) mass is 336 g/mol. The summed E-state index contributed by atoms with van der Waals surface area (Å²) in [6.45, 7) is 0.819. The van der Waals surface area contributed by atoms with Gasteiger partial charge < -0.3 is 15.0 Å². The van der Waals surface area contributed by atoms with Crippen molar-refractivity contribution < 1.29 is 13.9 Å². The Morgan fingerprint density at radius 2 is 2.17 bits per heavy atom. The Labute approximate surface area is 139 Å². The number of hydrogen-bond donors (Lipinski definition) is 1. The van der Waals surface area contributed by atoms with Crippen LogP contribution in [0.5, 0.6) is 5.75 Å². The maximum Gasteiger partial charge on any atom is 0.176 e. The van der Waals surface area contributed by atoms with Crippen molar-refractivity contribution in [2.45, 2.75) is 6.04 Å². The lowest BCUT2D eigenvalue weighted by Gasteiger charge is -2.23. The first-order valence-corrected chi connectivity index (χ1v) is 8.18. The third-order valence-electron chi connectivity index (χ3n) is 3.59. The van der Waals surface area contributed by atoms with Crippen LogP contribution in [0.2, 0.25) is 0 Å². The fourth-order valence-electron chi connectivity index (χ4n) is 2.28. The molecule has 2 aromatic rings. The van der Waals surface area contributed by atoms with Crippen LogP contribution in [0, 0.1) is 5.82 Å². The van der Waals surface area contributed by atoms with Gasteiger partial charge in [-0.3, -0.25) is 4.79 Å². The van der Waals surface area contributed by atoms with Crippen LogP contribution in [0.25, 0.3) is 0 Å². The normalized spacial score (nSPS) is 12.4. The van der Waals surface area contributed by atoms with Gasteiger partial charge in [0.05, 0.1) is 19.7 Å². The first-order valence-electron chi connectivity index (χ1n) is 7.30. The van der Waals surface area contributed by atoms with Crippen molar-refractivity contribution in [2.75, 3.05) is 34.3 Å². The van der Waals surface area contributed by atoms with Gasteiger partial charge in [0.15, 0.2) is 17.3 Å². The molecule has 1 N–H and O–H groups in total. The lowest BCUT2D eigenvalue weighted by atomic mass is 10.1. The summed E-state index contributed by atoms with van der Waals surface area (Å²) in [7, 11) is 5.41. The number of hydrogen-bond acceptors (Lipinski definition) is 5. The topological polar surface area (TPSA) is 41.6 Å². The summed E-state index contributed by atoms with van der Waals surface area (Å²) >= 11 is 1.69. The molecule has 0 aliphatic rings. The molecule has 0 saturated heterocycles. The minimum Gasteiger partial charge on any atom is -0.494 e. The third-order valence-corrected chi connectivity index (χ3v) is 4.57. The van der Waals surface area contributed by atoms with Gasteiger partial charge in [0, 0.05) is 17.0 Å². The van der Waals surface area contributed by atoms with E-state index in [1.165, 1.54) is 24.1 Å². The summed E-state index contributed by atoms with van der Waals surface area (Å²) in [5.41, 5.74) is 0.341. The second kappa shape index (κ2) is 8.19. The van der Waals surface area contributed by atoms with E-state index in [1.54, 1.807) is 17.4 Å². The Balaban J connectivity index is 1.92. The van der Waals surface area contributed by atoms with E-state index in [2.05, 4.69) is 16.3 Å². The molecule has 0 saturated carbocycles. The summed E-state index contributed by atoms with van der Waals surface area (Å²) in [4.78, 5) is 15.5. The number of benzene rings is 1. The highest BCUT2D eigenvalue weighted by atomic mass is 32.1. The highest BCUT2D eigenvalue weighted by Gasteiger charge is 2.16. The predicted molar refractivity (Wildman–Crippen MR) is 90.9 cm³/mol. The number of nitrogens with one attached hydrogen (secondary N) is 1. The third kappa shape index (κ3) is 4.60. The summed E-state index contributed by atoms with van der Waals surface area (Å²) in [5, 5.41) is 5.20. The van der Waals surface area contributed by atoms with Gasteiger partial charge in [-0.25, -0.2) is 4.39 Å². The van der Waals surface area contributed by atoms with E-state index in [1.807, 2.05) is 25.5 Å². The van der Waals surface area contributed by atoms with Crippen molar-refractivity contribution >= 4 is 17.1 Å². The molecule has 23 heavy (non-hydrogen) atoms. The Morgan fingerprint density at radius 3 is 2.74 bits per heavy atom. The Kier molecular flexibility index (Phi) is 6.27. The molecule has 1 aromatic carbocycles.